The van der Waals surface area contributed by atoms with Crippen LogP contribution in [0, 0.1) is 13.8 Å². The molecular formula is C20H21N3S2. The Labute approximate surface area is 157 Å². The van der Waals surface area contributed by atoms with Gasteiger partial charge in [0.1, 0.15) is 6.04 Å². The van der Waals surface area contributed by atoms with Crippen molar-refractivity contribution in [3.05, 3.63) is 75.7 Å². The first-order valence-corrected chi connectivity index (χ1v) is 9.75. The second-order valence-electron chi connectivity index (χ2n) is 6.49. The van der Waals surface area contributed by atoms with E-state index < -0.39 is 0 Å². The standard InChI is InChI=1S/C20H21N3S2/c1-14-7-8-16(15(2)13-14)21-20(24)23-11-10-22-9-3-5-17(22)19(23)18-6-4-12-25-18/h3-9,12-13,19H,10-11H2,1-2H3,(H,21,24)/t19-/m0/s1. The fourth-order valence-electron chi connectivity index (χ4n) is 3.49. The van der Waals surface area contributed by atoms with Crippen molar-refractivity contribution in [2.24, 2.45) is 0 Å². The van der Waals surface area contributed by atoms with E-state index in [1.807, 2.05) is 0 Å². The normalized spacial score (nSPS) is 16.6. The average Bonchev–Trinajstić information content (AvgIpc) is 3.27. The van der Waals surface area contributed by atoms with Gasteiger partial charge in [-0.3, -0.25) is 0 Å². The highest BCUT2D eigenvalue weighted by atomic mass is 32.1. The van der Waals surface area contributed by atoms with Gasteiger partial charge in [-0.1, -0.05) is 23.8 Å². The van der Waals surface area contributed by atoms with Gasteiger partial charge in [0, 0.05) is 35.5 Å². The summed E-state index contributed by atoms with van der Waals surface area (Å²) in [5.41, 5.74) is 4.87. The summed E-state index contributed by atoms with van der Waals surface area (Å²) >= 11 is 7.60. The Bertz CT molecular complexity index is 896. The third kappa shape index (κ3) is 3.10. The molecule has 0 saturated carbocycles. The number of fused-ring (bicyclic) bond motifs is 1. The molecule has 128 valence electrons. The summed E-state index contributed by atoms with van der Waals surface area (Å²) in [6, 6.07) is 15.2. The summed E-state index contributed by atoms with van der Waals surface area (Å²) in [7, 11) is 0. The smallest absolute Gasteiger partial charge is 0.174 e. The van der Waals surface area contributed by atoms with E-state index in [2.05, 4.69) is 82.7 Å². The van der Waals surface area contributed by atoms with Crippen LogP contribution in [0.15, 0.2) is 54.0 Å². The third-order valence-corrected chi connectivity index (χ3v) is 6.00. The van der Waals surface area contributed by atoms with Crippen molar-refractivity contribution < 1.29 is 0 Å². The second-order valence-corrected chi connectivity index (χ2v) is 7.85. The van der Waals surface area contributed by atoms with Crippen molar-refractivity contribution in [1.82, 2.24) is 9.47 Å². The molecule has 1 aromatic carbocycles. The first-order chi connectivity index (χ1) is 12.1. The fraction of sp³-hybridized carbons (Fsp3) is 0.250. The van der Waals surface area contributed by atoms with Crippen molar-refractivity contribution in [2.45, 2.75) is 26.4 Å². The van der Waals surface area contributed by atoms with Crippen LogP contribution >= 0.6 is 23.6 Å². The first-order valence-electron chi connectivity index (χ1n) is 8.47. The van der Waals surface area contributed by atoms with E-state index in [1.54, 1.807) is 11.3 Å². The molecule has 0 amide bonds. The number of anilines is 1. The highest BCUT2D eigenvalue weighted by Gasteiger charge is 2.31. The third-order valence-electron chi connectivity index (χ3n) is 4.74. The number of aromatic nitrogens is 1. The monoisotopic (exact) mass is 367 g/mol. The Balaban J connectivity index is 1.65. The molecule has 1 N–H and O–H groups in total. The van der Waals surface area contributed by atoms with Gasteiger partial charge in [-0.25, -0.2) is 0 Å². The van der Waals surface area contributed by atoms with Crippen LogP contribution in [-0.4, -0.2) is 21.1 Å². The minimum atomic E-state index is 0.175. The number of hydrogen-bond donors (Lipinski definition) is 1. The molecule has 3 nitrogen and oxygen atoms in total. The Hall–Kier alpha value is -2.11. The molecule has 5 heteroatoms. The molecule has 0 bridgehead atoms. The van der Waals surface area contributed by atoms with Gasteiger partial charge in [0.25, 0.3) is 0 Å². The van der Waals surface area contributed by atoms with Crippen LogP contribution < -0.4 is 5.32 Å². The van der Waals surface area contributed by atoms with Gasteiger partial charge in [0.15, 0.2) is 5.11 Å². The van der Waals surface area contributed by atoms with Gasteiger partial charge in [-0.2, -0.15) is 0 Å². The predicted molar refractivity (Wildman–Crippen MR) is 109 cm³/mol. The molecule has 1 atom stereocenters. The van der Waals surface area contributed by atoms with E-state index in [0.29, 0.717) is 0 Å². The predicted octanol–water partition coefficient (Wildman–Crippen LogP) is 4.97. The molecule has 2 aromatic heterocycles. The summed E-state index contributed by atoms with van der Waals surface area (Å²) < 4.78 is 2.33. The molecule has 0 radical (unpaired) electrons. The molecule has 4 rings (SSSR count). The Kier molecular flexibility index (Phi) is 4.36. The highest BCUT2D eigenvalue weighted by molar-refractivity contribution is 7.80. The van der Waals surface area contributed by atoms with E-state index in [1.165, 1.54) is 21.7 Å². The number of nitrogens with one attached hydrogen (secondary N) is 1. The molecule has 1 aliphatic rings. The topological polar surface area (TPSA) is 20.2 Å². The van der Waals surface area contributed by atoms with Crippen molar-refractivity contribution >= 4 is 34.4 Å². The summed E-state index contributed by atoms with van der Waals surface area (Å²) in [6.07, 6.45) is 2.16. The van der Waals surface area contributed by atoms with Gasteiger partial charge < -0.3 is 14.8 Å². The first kappa shape index (κ1) is 16.4. The average molecular weight is 368 g/mol. The van der Waals surface area contributed by atoms with Crippen LogP contribution in [0.3, 0.4) is 0 Å². The van der Waals surface area contributed by atoms with Crippen LogP contribution in [0.5, 0.6) is 0 Å². The van der Waals surface area contributed by atoms with Crippen LogP contribution in [0.2, 0.25) is 0 Å². The Morgan fingerprint density at radius 1 is 1.16 bits per heavy atom. The summed E-state index contributed by atoms with van der Waals surface area (Å²) in [5.74, 6) is 0. The van der Waals surface area contributed by atoms with E-state index in [4.69, 9.17) is 12.2 Å². The van der Waals surface area contributed by atoms with Crippen molar-refractivity contribution in [3.8, 4) is 0 Å². The largest absolute Gasteiger partial charge is 0.347 e. The highest BCUT2D eigenvalue weighted by Crippen LogP contribution is 2.35. The minimum Gasteiger partial charge on any atom is -0.347 e. The van der Waals surface area contributed by atoms with E-state index in [-0.39, 0.29) is 6.04 Å². The van der Waals surface area contributed by atoms with Gasteiger partial charge in [-0.15, -0.1) is 11.3 Å². The zero-order valence-corrected chi connectivity index (χ0v) is 16.0. The summed E-state index contributed by atoms with van der Waals surface area (Å²) in [5, 5.41) is 6.40. The van der Waals surface area contributed by atoms with Gasteiger partial charge in [0.2, 0.25) is 0 Å². The Morgan fingerprint density at radius 3 is 2.80 bits per heavy atom. The number of hydrogen-bond acceptors (Lipinski definition) is 2. The number of thiocarbonyl (C=S) groups is 1. The second kappa shape index (κ2) is 6.65. The molecule has 3 heterocycles. The van der Waals surface area contributed by atoms with Crippen LogP contribution in [0.4, 0.5) is 5.69 Å². The lowest BCUT2D eigenvalue weighted by atomic mass is 10.1. The summed E-state index contributed by atoms with van der Waals surface area (Å²) in [4.78, 5) is 3.64. The zero-order valence-electron chi connectivity index (χ0n) is 14.4. The maximum absolute atomic E-state index is 5.81. The van der Waals surface area contributed by atoms with Crippen LogP contribution in [-0.2, 0) is 6.54 Å². The molecular weight excluding hydrogens is 346 g/mol. The fourth-order valence-corrected chi connectivity index (χ4v) is 4.64. The molecule has 0 aliphatic carbocycles. The minimum absolute atomic E-state index is 0.175. The van der Waals surface area contributed by atoms with Gasteiger partial charge in [0.05, 0.1) is 0 Å². The number of nitrogens with zero attached hydrogens (tertiary/aromatic N) is 2. The molecule has 3 aromatic rings. The number of rotatable bonds is 2. The quantitative estimate of drug-likeness (QED) is 0.646. The summed E-state index contributed by atoms with van der Waals surface area (Å²) in [6.45, 7) is 6.09. The van der Waals surface area contributed by atoms with E-state index in [0.717, 1.165) is 23.9 Å². The lowest BCUT2D eigenvalue weighted by Gasteiger charge is -2.38. The number of aryl methyl sites for hydroxylation is 2. The number of thiophene rings is 1. The van der Waals surface area contributed by atoms with Crippen molar-refractivity contribution in [2.75, 3.05) is 11.9 Å². The van der Waals surface area contributed by atoms with Crippen LogP contribution in [0.1, 0.15) is 27.7 Å². The van der Waals surface area contributed by atoms with Gasteiger partial charge >= 0.3 is 0 Å². The molecule has 0 saturated heterocycles. The molecule has 0 spiro atoms. The SMILES string of the molecule is Cc1ccc(NC(=S)N2CCn3cccc3[C@H]2c2cccs2)c(C)c1. The van der Waals surface area contributed by atoms with Crippen molar-refractivity contribution in [1.29, 1.82) is 0 Å². The van der Waals surface area contributed by atoms with Gasteiger partial charge in [-0.05, 0) is 61.3 Å². The maximum Gasteiger partial charge on any atom is 0.174 e. The molecule has 1 aliphatic heterocycles. The maximum atomic E-state index is 5.81. The number of benzene rings is 1. The Morgan fingerprint density at radius 2 is 2.04 bits per heavy atom. The van der Waals surface area contributed by atoms with Crippen LogP contribution in [0.25, 0.3) is 0 Å². The van der Waals surface area contributed by atoms with E-state index >= 15 is 0 Å². The zero-order chi connectivity index (χ0) is 17.4. The molecule has 0 unspecified atom stereocenters. The molecule has 25 heavy (non-hydrogen) atoms. The lowest BCUT2D eigenvalue weighted by Crippen LogP contribution is -2.44. The lowest BCUT2D eigenvalue weighted by molar-refractivity contribution is 0.297. The van der Waals surface area contributed by atoms with E-state index in [9.17, 15) is 0 Å². The molecule has 0 fully saturated rings. The van der Waals surface area contributed by atoms with Crippen molar-refractivity contribution in [3.63, 3.8) is 0 Å².